The van der Waals surface area contributed by atoms with Crippen molar-refractivity contribution in [2.75, 3.05) is 5.32 Å². The zero-order valence-electron chi connectivity index (χ0n) is 12.9. The van der Waals surface area contributed by atoms with Crippen molar-refractivity contribution in [3.05, 3.63) is 41.1 Å². The number of phenols is 1. The Labute approximate surface area is 133 Å². The van der Waals surface area contributed by atoms with E-state index in [9.17, 15) is 9.90 Å². The van der Waals surface area contributed by atoms with Crippen LogP contribution in [0.5, 0.6) is 5.75 Å². The molecule has 2 N–H and O–H groups in total. The molecular weight excluding hydrogens is 294 g/mol. The number of carbonyl (C=O) groups is 1. The Morgan fingerprint density at radius 2 is 2.00 bits per heavy atom. The third-order valence-corrected chi connectivity index (χ3v) is 4.40. The number of allylic oxidation sites excluding steroid dienone is 2. The number of carbonyl (C=O) groups excluding carboxylic acids is 1. The maximum absolute atomic E-state index is 12.8. The number of hydrogen-bond acceptors (Lipinski definition) is 6. The highest BCUT2D eigenvalue weighted by Crippen LogP contribution is 2.44. The van der Waals surface area contributed by atoms with Crippen LogP contribution in [0.3, 0.4) is 0 Å². The van der Waals surface area contributed by atoms with E-state index >= 15 is 0 Å². The monoisotopic (exact) mass is 311 g/mol. The molecule has 0 radical (unpaired) electrons. The van der Waals surface area contributed by atoms with Gasteiger partial charge in [-0.2, -0.15) is 4.68 Å². The van der Waals surface area contributed by atoms with Crippen LogP contribution in [-0.4, -0.2) is 31.1 Å². The van der Waals surface area contributed by atoms with E-state index in [1.54, 1.807) is 28.9 Å². The number of rotatable bonds is 1. The molecule has 118 valence electrons. The smallest absolute Gasteiger partial charge is 0.248 e. The molecule has 1 aliphatic carbocycles. The molecule has 7 heteroatoms. The number of aromatic hydroxyl groups is 1. The molecule has 7 nitrogen and oxygen atoms in total. The maximum atomic E-state index is 12.8. The summed E-state index contributed by atoms with van der Waals surface area (Å²) in [7, 11) is 0. The van der Waals surface area contributed by atoms with Gasteiger partial charge in [0.05, 0.1) is 0 Å². The normalized spacial score (nSPS) is 22.3. The minimum Gasteiger partial charge on any atom is -0.508 e. The molecule has 1 aromatic carbocycles. The van der Waals surface area contributed by atoms with E-state index in [1.807, 2.05) is 0 Å². The molecule has 0 saturated carbocycles. The summed E-state index contributed by atoms with van der Waals surface area (Å²) in [4.78, 5) is 12.8. The number of tetrazole rings is 1. The molecule has 0 saturated heterocycles. The van der Waals surface area contributed by atoms with Gasteiger partial charge in [0, 0.05) is 17.7 Å². The van der Waals surface area contributed by atoms with Crippen molar-refractivity contribution < 1.29 is 9.90 Å². The molecule has 1 atom stereocenters. The quantitative estimate of drug-likeness (QED) is 0.837. The lowest BCUT2D eigenvalue weighted by molar-refractivity contribution is -0.118. The molecular formula is C16H17N5O2. The number of hydrogen-bond donors (Lipinski definition) is 2. The number of ketones is 1. The second-order valence-electron chi connectivity index (χ2n) is 6.90. The molecule has 0 amide bonds. The highest BCUT2D eigenvalue weighted by molar-refractivity contribution is 6.00. The van der Waals surface area contributed by atoms with Crippen LogP contribution in [0.4, 0.5) is 5.95 Å². The summed E-state index contributed by atoms with van der Waals surface area (Å²) in [6, 6.07) is 6.46. The van der Waals surface area contributed by atoms with Crippen LogP contribution in [0.15, 0.2) is 35.5 Å². The van der Waals surface area contributed by atoms with Crippen LogP contribution < -0.4 is 5.32 Å². The van der Waals surface area contributed by atoms with Crippen LogP contribution >= 0.6 is 0 Å². The first kappa shape index (κ1) is 13.9. The first-order valence-electron chi connectivity index (χ1n) is 7.55. The topological polar surface area (TPSA) is 92.9 Å². The Bertz CT molecular complexity index is 819. The summed E-state index contributed by atoms with van der Waals surface area (Å²) in [6.45, 7) is 4.17. The van der Waals surface area contributed by atoms with Gasteiger partial charge in [0.25, 0.3) is 0 Å². The average Bonchev–Trinajstić information content (AvgIpc) is 2.92. The number of anilines is 1. The van der Waals surface area contributed by atoms with E-state index in [1.165, 1.54) is 0 Å². The Kier molecular flexibility index (Phi) is 2.81. The van der Waals surface area contributed by atoms with Crippen LogP contribution in [0.2, 0.25) is 0 Å². The first-order valence-corrected chi connectivity index (χ1v) is 7.55. The van der Waals surface area contributed by atoms with Crippen molar-refractivity contribution in [3.8, 4) is 5.75 Å². The Hall–Kier alpha value is -2.70. The minimum absolute atomic E-state index is 0.0853. The zero-order valence-corrected chi connectivity index (χ0v) is 12.9. The summed E-state index contributed by atoms with van der Waals surface area (Å²) >= 11 is 0. The summed E-state index contributed by atoms with van der Waals surface area (Å²) in [5, 5.41) is 24.5. The fourth-order valence-electron chi connectivity index (χ4n) is 3.44. The number of fused-ring (bicyclic) bond motifs is 1. The highest BCUT2D eigenvalue weighted by Gasteiger charge is 2.41. The van der Waals surface area contributed by atoms with E-state index < -0.39 is 0 Å². The van der Waals surface area contributed by atoms with Gasteiger partial charge in [-0.3, -0.25) is 4.79 Å². The molecule has 2 aromatic rings. The number of benzene rings is 1. The number of nitrogens with one attached hydrogen (secondary N) is 1. The van der Waals surface area contributed by atoms with Gasteiger partial charge in [-0.1, -0.05) is 31.1 Å². The van der Waals surface area contributed by atoms with Crippen LogP contribution in [0, 0.1) is 5.41 Å². The number of aromatic nitrogens is 4. The summed E-state index contributed by atoms with van der Waals surface area (Å²) in [6.07, 6.45) is 1.27. The Morgan fingerprint density at radius 3 is 2.74 bits per heavy atom. The number of nitrogens with zero attached hydrogens (tertiary/aromatic N) is 4. The van der Waals surface area contributed by atoms with Gasteiger partial charge in [0.1, 0.15) is 11.8 Å². The molecule has 4 rings (SSSR count). The molecule has 1 aliphatic heterocycles. The van der Waals surface area contributed by atoms with Crippen LogP contribution in [0.25, 0.3) is 0 Å². The van der Waals surface area contributed by atoms with Gasteiger partial charge >= 0.3 is 0 Å². The maximum Gasteiger partial charge on any atom is 0.248 e. The summed E-state index contributed by atoms with van der Waals surface area (Å²) < 4.78 is 1.63. The zero-order chi connectivity index (χ0) is 16.2. The van der Waals surface area contributed by atoms with Crippen molar-refractivity contribution in [2.45, 2.75) is 32.7 Å². The molecule has 0 bridgehead atoms. The largest absolute Gasteiger partial charge is 0.508 e. The van der Waals surface area contributed by atoms with Crippen molar-refractivity contribution in [1.29, 1.82) is 0 Å². The predicted octanol–water partition coefficient (Wildman–Crippen LogP) is 2.04. The molecule has 1 aromatic heterocycles. The van der Waals surface area contributed by atoms with E-state index in [2.05, 4.69) is 34.7 Å². The van der Waals surface area contributed by atoms with Gasteiger partial charge in [0.15, 0.2) is 5.78 Å². The van der Waals surface area contributed by atoms with Crippen LogP contribution in [0.1, 0.15) is 38.3 Å². The SMILES string of the molecule is CC1(C)CC(=O)C2=C(C1)Nc1nnnn1[C@H]2c1ccc(O)cc1. The lowest BCUT2D eigenvalue weighted by Gasteiger charge is -2.37. The predicted molar refractivity (Wildman–Crippen MR) is 82.7 cm³/mol. The second kappa shape index (κ2) is 4.65. The summed E-state index contributed by atoms with van der Waals surface area (Å²) in [5.41, 5.74) is 2.40. The lowest BCUT2D eigenvalue weighted by Crippen LogP contribution is -2.36. The summed E-state index contributed by atoms with van der Waals surface area (Å²) in [5.74, 6) is 0.834. The fraction of sp³-hybridized carbons (Fsp3) is 0.375. The molecule has 2 aliphatic rings. The van der Waals surface area contributed by atoms with Crippen molar-refractivity contribution >= 4 is 11.7 Å². The fourth-order valence-corrected chi connectivity index (χ4v) is 3.44. The van der Waals surface area contributed by atoms with Gasteiger partial charge in [-0.15, -0.1) is 0 Å². The van der Waals surface area contributed by atoms with E-state index in [0.717, 1.165) is 23.3 Å². The Balaban J connectivity index is 1.89. The molecule has 23 heavy (non-hydrogen) atoms. The third kappa shape index (κ3) is 2.19. The van der Waals surface area contributed by atoms with E-state index in [0.29, 0.717) is 12.4 Å². The highest BCUT2D eigenvalue weighted by atomic mass is 16.3. The average molecular weight is 311 g/mol. The number of phenolic OH excluding ortho intramolecular Hbond substituents is 1. The molecule has 0 unspecified atom stereocenters. The molecule has 0 spiro atoms. The minimum atomic E-state index is -0.361. The van der Waals surface area contributed by atoms with Crippen LogP contribution in [-0.2, 0) is 4.79 Å². The van der Waals surface area contributed by atoms with Gasteiger partial charge in [-0.05, 0) is 40.0 Å². The first-order chi connectivity index (χ1) is 10.9. The Morgan fingerprint density at radius 1 is 1.26 bits per heavy atom. The van der Waals surface area contributed by atoms with Crippen molar-refractivity contribution in [2.24, 2.45) is 5.41 Å². The molecule has 2 heterocycles. The van der Waals surface area contributed by atoms with Crippen molar-refractivity contribution in [1.82, 2.24) is 20.2 Å². The van der Waals surface area contributed by atoms with Crippen molar-refractivity contribution in [3.63, 3.8) is 0 Å². The molecule has 0 fully saturated rings. The number of Topliss-reactive ketones (excluding diaryl/α,β-unsaturated/α-hetero) is 1. The lowest BCUT2D eigenvalue weighted by atomic mass is 9.73. The van der Waals surface area contributed by atoms with E-state index in [4.69, 9.17) is 0 Å². The second-order valence-corrected chi connectivity index (χ2v) is 6.90. The van der Waals surface area contributed by atoms with Gasteiger partial charge in [-0.25, -0.2) is 0 Å². The standard InChI is InChI=1S/C16H17N5O2/c1-16(2)7-11-13(12(23)8-16)14(9-3-5-10(22)6-4-9)21-15(17-11)18-19-20-21/h3-6,14,22H,7-8H2,1-2H3,(H,17,18,20)/t14-/m0/s1. The van der Waals surface area contributed by atoms with Gasteiger partial charge < -0.3 is 10.4 Å². The third-order valence-electron chi connectivity index (χ3n) is 4.40. The van der Waals surface area contributed by atoms with E-state index in [-0.39, 0.29) is 23.0 Å². The van der Waals surface area contributed by atoms with Gasteiger partial charge in [0.2, 0.25) is 5.95 Å².